The van der Waals surface area contributed by atoms with E-state index in [4.69, 9.17) is 0 Å². The number of hydrogen-bond acceptors (Lipinski definition) is 2. The lowest BCUT2D eigenvalue weighted by Crippen LogP contribution is -2.57. The molecule has 0 radical (unpaired) electrons. The number of nitrogens with one attached hydrogen (secondary N) is 2. The first-order chi connectivity index (χ1) is 13.6. The van der Waals surface area contributed by atoms with E-state index in [0.29, 0.717) is 11.9 Å². The van der Waals surface area contributed by atoms with Crippen molar-refractivity contribution in [3.8, 4) is 0 Å². The van der Waals surface area contributed by atoms with E-state index in [2.05, 4.69) is 10.6 Å². The average molecular weight is 388 g/mol. The molecule has 4 bridgehead atoms. The minimum atomic E-state index is -0.0513. The normalized spacial score (nSPS) is 38.4. The molecule has 0 aromatic carbocycles. The lowest BCUT2D eigenvalue weighted by Gasteiger charge is -2.56. The van der Waals surface area contributed by atoms with Gasteiger partial charge in [0.05, 0.1) is 0 Å². The first-order valence-corrected chi connectivity index (χ1v) is 12.0. The number of amides is 3. The summed E-state index contributed by atoms with van der Waals surface area (Å²) in [4.78, 5) is 27.8. The lowest BCUT2D eigenvalue weighted by molar-refractivity contribution is -0.147. The maximum absolute atomic E-state index is 13.2. The Morgan fingerprint density at radius 3 is 1.82 bits per heavy atom. The molecule has 6 rings (SSSR count). The second kappa shape index (κ2) is 7.53. The Balaban J connectivity index is 1.10. The molecule has 6 aliphatic rings. The van der Waals surface area contributed by atoms with E-state index in [0.717, 1.165) is 75.8 Å². The highest BCUT2D eigenvalue weighted by Gasteiger charge is 2.54. The number of nitrogens with zero attached hydrogens (tertiary/aromatic N) is 1. The van der Waals surface area contributed by atoms with Crippen molar-refractivity contribution in [2.45, 2.75) is 95.6 Å². The fourth-order valence-electron chi connectivity index (χ4n) is 7.47. The molecule has 5 nitrogen and oxygen atoms in total. The summed E-state index contributed by atoms with van der Waals surface area (Å²) in [5.74, 6) is 2.77. The zero-order valence-corrected chi connectivity index (χ0v) is 17.3. The van der Waals surface area contributed by atoms with Gasteiger partial charge in [-0.2, -0.15) is 0 Å². The maximum Gasteiger partial charge on any atom is 0.317 e. The van der Waals surface area contributed by atoms with Crippen LogP contribution in [-0.4, -0.2) is 42.0 Å². The van der Waals surface area contributed by atoms with Crippen LogP contribution >= 0.6 is 0 Å². The van der Waals surface area contributed by atoms with Gasteiger partial charge in [0.15, 0.2) is 0 Å². The van der Waals surface area contributed by atoms with E-state index in [1.807, 2.05) is 4.90 Å². The van der Waals surface area contributed by atoms with Crippen molar-refractivity contribution in [2.75, 3.05) is 13.1 Å². The molecule has 5 saturated carbocycles. The number of likely N-dealkylation sites (tertiary alicyclic amines) is 1. The second-order valence-corrected chi connectivity index (χ2v) is 10.7. The van der Waals surface area contributed by atoms with Crippen molar-refractivity contribution >= 4 is 11.9 Å². The topological polar surface area (TPSA) is 61.4 Å². The minimum absolute atomic E-state index is 0.0513. The fourth-order valence-corrected chi connectivity index (χ4v) is 7.47. The average Bonchev–Trinajstić information content (AvgIpc) is 2.68. The van der Waals surface area contributed by atoms with E-state index in [-0.39, 0.29) is 17.5 Å². The van der Waals surface area contributed by atoms with E-state index in [9.17, 15) is 9.59 Å². The third-order valence-electron chi connectivity index (χ3n) is 8.57. The minimum Gasteiger partial charge on any atom is -0.353 e. The third-order valence-corrected chi connectivity index (χ3v) is 8.57. The second-order valence-electron chi connectivity index (χ2n) is 10.7. The van der Waals surface area contributed by atoms with Crippen LogP contribution in [0, 0.1) is 23.2 Å². The van der Waals surface area contributed by atoms with Gasteiger partial charge in [0, 0.05) is 30.6 Å². The number of rotatable bonds is 3. The monoisotopic (exact) mass is 387 g/mol. The highest BCUT2D eigenvalue weighted by molar-refractivity contribution is 5.83. The Labute approximate surface area is 169 Å². The van der Waals surface area contributed by atoms with Crippen LogP contribution in [0.15, 0.2) is 0 Å². The van der Waals surface area contributed by atoms with Crippen LogP contribution in [0.4, 0.5) is 4.79 Å². The van der Waals surface area contributed by atoms with E-state index in [1.165, 1.54) is 38.5 Å². The number of hydrogen-bond donors (Lipinski definition) is 2. The van der Waals surface area contributed by atoms with Crippen molar-refractivity contribution in [3.63, 3.8) is 0 Å². The molecular weight excluding hydrogens is 350 g/mol. The third kappa shape index (κ3) is 3.66. The van der Waals surface area contributed by atoms with Gasteiger partial charge < -0.3 is 15.5 Å². The van der Waals surface area contributed by atoms with Crippen LogP contribution in [0.3, 0.4) is 0 Å². The Morgan fingerprint density at radius 1 is 0.714 bits per heavy atom. The molecule has 1 heterocycles. The highest BCUT2D eigenvalue weighted by atomic mass is 16.2. The Kier molecular flexibility index (Phi) is 5.04. The zero-order chi connectivity index (χ0) is 19.1. The zero-order valence-electron chi connectivity index (χ0n) is 17.3. The molecule has 5 heteroatoms. The Bertz CT molecular complexity index is 570. The summed E-state index contributed by atoms with van der Waals surface area (Å²) < 4.78 is 0. The predicted octanol–water partition coefficient (Wildman–Crippen LogP) is 3.83. The summed E-state index contributed by atoms with van der Waals surface area (Å²) in [6, 6.07) is 0.728. The van der Waals surface area contributed by atoms with Crippen LogP contribution in [0.1, 0.15) is 83.5 Å². The Hall–Kier alpha value is -1.26. The molecule has 0 spiro atoms. The molecule has 0 aromatic heterocycles. The van der Waals surface area contributed by atoms with Gasteiger partial charge in [-0.25, -0.2) is 4.79 Å². The van der Waals surface area contributed by atoms with Crippen LogP contribution in [0.5, 0.6) is 0 Å². The molecule has 0 unspecified atom stereocenters. The van der Waals surface area contributed by atoms with Crippen molar-refractivity contribution < 1.29 is 9.59 Å². The van der Waals surface area contributed by atoms with Crippen LogP contribution in [0.25, 0.3) is 0 Å². The molecule has 28 heavy (non-hydrogen) atoms. The molecule has 3 amide bonds. The van der Waals surface area contributed by atoms with Crippen LogP contribution < -0.4 is 10.6 Å². The van der Waals surface area contributed by atoms with Crippen LogP contribution in [-0.2, 0) is 4.79 Å². The summed E-state index contributed by atoms with van der Waals surface area (Å²) in [5, 5.41) is 6.65. The van der Waals surface area contributed by atoms with Gasteiger partial charge in [0.1, 0.15) is 0 Å². The SMILES string of the molecule is O=C(NC1CCCCC1)N1CCC(NC(=O)C23CC4CC(CC(C4)C2)C3)CC1. The summed E-state index contributed by atoms with van der Waals surface area (Å²) in [6.45, 7) is 1.54. The van der Waals surface area contributed by atoms with Gasteiger partial charge in [-0.3, -0.25) is 4.79 Å². The first kappa shape index (κ1) is 18.7. The molecule has 1 saturated heterocycles. The predicted molar refractivity (Wildman–Crippen MR) is 109 cm³/mol. The highest BCUT2D eigenvalue weighted by Crippen LogP contribution is 2.60. The molecule has 0 atom stereocenters. The summed E-state index contributed by atoms with van der Waals surface area (Å²) in [6.07, 6.45) is 15.4. The smallest absolute Gasteiger partial charge is 0.317 e. The molecule has 2 N–H and O–H groups in total. The van der Waals surface area contributed by atoms with Crippen LogP contribution in [0.2, 0.25) is 0 Å². The van der Waals surface area contributed by atoms with Gasteiger partial charge in [0.25, 0.3) is 0 Å². The number of carbonyl (C=O) groups excluding carboxylic acids is 2. The summed E-state index contributed by atoms with van der Waals surface area (Å²) in [7, 11) is 0. The molecule has 6 fully saturated rings. The first-order valence-electron chi connectivity index (χ1n) is 12.0. The van der Waals surface area contributed by atoms with E-state index in [1.54, 1.807) is 0 Å². The van der Waals surface area contributed by atoms with Gasteiger partial charge in [-0.15, -0.1) is 0 Å². The van der Waals surface area contributed by atoms with E-state index >= 15 is 0 Å². The van der Waals surface area contributed by atoms with Crippen molar-refractivity contribution in [2.24, 2.45) is 23.2 Å². The maximum atomic E-state index is 13.2. The van der Waals surface area contributed by atoms with Crippen molar-refractivity contribution in [1.29, 1.82) is 0 Å². The number of urea groups is 1. The fraction of sp³-hybridized carbons (Fsp3) is 0.913. The standard InChI is InChI=1S/C23H37N3O2/c27-21(23-13-16-10-17(14-23)12-18(11-16)15-23)24-20-6-8-26(9-7-20)22(28)25-19-4-2-1-3-5-19/h16-20H,1-15H2,(H,24,27)(H,25,28). The molecule has 5 aliphatic carbocycles. The van der Waals surface area contributed by atoms with Gasteiger partial charge in [-0.1, -0.05) is 19.3 Å². The number of piperidine rings is 1. The van der Waals surface area contributed by atoms with Crippen molar-refractivity contribution in [1.82, 2.24) is 15.5 Å². The lowest BCUT2D eigenvalue weighted by atomic mass is 9.49. The summed E-state index contributed by atoms with van der Waals surface area (Å²) in [5.41, 5.74) is -0.0513. The van der Waals surface area contributed by atoms with E-state index < -0.39 is 0 Å². The molecular formula is C23H37N3O2. The molecule has 1 aliphatic heterocycles. The molecule has 0 aromatic rings. The number of carbonyl (C=O) groups is 2. The Morgan fingerprint density at radius 2 is 1.25 bits per heavy atom. The summed E-state index contributed by atoms with van der Waals surface area (Å²) >= 11 is 0. The van der Waals surface area contributed by atoms with Crippen molar-refractivity contribution in [3.05, 3.63) is 0 Å². The van der Waals surface area contributed by atoms with Gasteiger partial charge in [0.2, 0.25) is 5.91 Å². The quantitative estimate of drug-likeness (QED) is 0.773. The largest absolute Gasteiger partial charge is 0.353 e. The van der Waals surface area contributed by atoms with Gasteiger partial charge in [-0.05, 0) is 82.0 Å². The molecule has 156 valence electrons. The van der Waals surface area contributed by atoms with Gasteiger partial charge >= 0.3 is 6.03 Å².